The van der Waals surface area contributed by atoms with E-state index in [9.17, 15) is 19.1 Å². The zero-order valence-corrected chi connectivity index (χ0v) is 22.4. The predicted molar refractivity (Wildman–Crippen MR) is 146 cm³/mol. The minimum absolute atomic E-state index is 0.0699. The molecule has 10 heteroatoms. The molecule has 2 fully saturated rings. The van der Waals surface area contributed by atoms with Gasteiger partial charge in [0.05, 0.1) is 5.69 Å². The Hall–Kier alpha value is -3.37. The Bertz CT molecular complexity index is 1220. The van der Waals surface area contributed by atoms with Gasteiger partial charge in [-0.25, -0.2) is 9.37 Å². The second kappa shape index (κ2) is 11.8. The number of halogens is 1. The van der Waals surface area contributed by atoms with Gasteiger partial charge in [-0.05, 0) is 75.9 Å². The number of amides is 2. The van der Waals surface area contributed by atoms with E-state index in [2.05, 4.69) is 20.2 Å². The molecule has 1 aromatic carbocycles. The summed E-state index contributed by atoms with van der Waals surface area (Å²) >= 11 is 0. The molecule has 1 saturated carbocycles. The van der Waals surface area contributed by atoms with Crippen molar-refractivity contribution in [1.82, 2.24) is 15.2 Å². The molecule has 5 rings (SSSR count). The summed E-state index contributed by atoms with van der Waals surface area (Å²) in [6, 6.07) is 7.16. The van der Waals surface area contributed by atoms with Gasteiger partial charge in [0.2, 0.25) is 5.88 Å². The first-order valence-corrected chi connectivity index (χ1v) is 13.8. The van der Waals surface area contributed by atoms with Gasteiger partial charge in [0.25, 0.3) is 11.8 Å². The Morgan fingerprint density at radius 3 is 2.59 bits per heavy atom. The lowest BCUT2D eigenvalue weighted by atomic mass is 9.81. The largest absolute Gasteiger partial charge is 0.476 e. The smallest absolute Gasteiger partial charge is 0.278 e. The number of likely N-dealkylation sites (N-methyl/N-ethyl adjacent to an activating group) is 1. The van der Waals surface area contributed by atoms with E-state index in [1.807, 2.05) is 11.0 Å². The fourth-order valence-corrected chi connectivity index (χ4v) is 5.82. The summed E-state index contributed by atoms with van der Waals surface area (Å²) in [5, 5.41) is 13.4. The highest BCUT2D eigenvalue weighted by Crippen LogP contribution is 2.39. The summed E-state index contributed by atoms with van der Waals surface area (Å²) in [6.45, 7) is 3.59. The number of aromatic nitrogens is 1. The number of nitrogens with zero attached hydrogens (tertiary/aromatic N) is 4. The zero-order valence-electron chi connectivity index (χ0n) is 22.4. The van der Waals surface area contributed by atoms with Gasteiger partial charge in [0.15, 0.2) is 0 Å². The van der Waals surface area contributed by atoms with Crippen LogP contribution in [0.3, 0.4) is 0 Å². The number of ether oxygens (including phenoxy) is 1. The molecule has 1 aromatic heterocycles. The number of rotatable bonds is 7. The van der Waals surface area contributed by atoms with Crippen molar-refractivity contribution < 1.29 is 23.8 Å². The van der Waals surface area contributed by atoms with E-state index in [0.717, 1.165) is 30.9 Å². The molecule has 0 spiro atoms. The quantitative estimate of drug-likeness (QED) is 0.559. The van der Waals surface area contributed by atoms with E-state index >= 15 is 0 Å². The average molecular weight is 538 g/mol. The number of likely N-dealkylation sites (tertiary alicyclic amines) is 1. The van der Waals surface area contributed by atoms with Gasteiger partial charge in [-0.2, -0.15) is 4.99 Å². The SMILES string of the molecule is CNC(=O)C1(O)CCC(N2C(=NC(=O)c3ccc(F)cc3)Cc3cnc(OCCN4CCCCC4)cc32)CC1. The summed E-state index contributed by atoms with van der Waals surface area (Å²) in [7, 11) is 1.52. The maximum absolute atomic E-state index is 13.4. The molecule has 39 heavy (non-hydrogen) atoms. The number of hydrogen-bond donors (Lipinski definition) is 2. The van der Waals surface area contributed by atoms with Crippen molar-refractivity contribution in [2.75, 3.05) is 38.2 Å². The Balaban J connectivity index is 1.37. The number of aliphatic imine (C=N–C) groups is 1. The van der Waals surface area contributed by atoms with Crippen molar-refractivity contribution in [2.24, 2.45) is 4.99 Å². The lowest BCUT2D eigenvalue weighted by Crippen LogP contribution is -2.51. The van der Waals surface area contributed by atoms with E-state index in [1.165, 1.54) is 50.6 Å². The highest BCUT2D eigenvalue weighted by Gasteiger charge is 2.43. The minimum Gasteiger partial charge on any atom is -0.476 e. The third-order valence-electron chi connectivity index (χ3n) is 8.05. The molecule has 0 atom stereocenters. The summed E-state index contributed by atoms with van der Waals surface area (Å²) in [5.74, 6) is -0.163. The number of piperidine rings is 1. The number of carbonyl (C=O) groups is 2. The van der Waals surface area contributed by atoms with Crippen LogP contribution in [0.15, 0.2) is 41.5 Å². The van der Waals surface area contributed by atoms with E-state index in [4.69, 9.17) is 4.74 Å². The van der Waals surface area contributed by atoms with Crippen LogP contribution in [0.2, 0.25) is 0 Å². The van der Waals surface area contributed by atoms with E-state index in [0.29, 0.717) is 56.0 Å². The van der Waals surface area contributed by atoms with Crippen LogP contribution in [0.4, 0.5) is 10.1 Å². The summed E-state index contributed by atoms with van der Waals surface area (Å²) < 4.78 is 19.4. The number of pyridine rings is 1. The Kier molecular flexibility index (Phi) is 8.23. The lowest BCUT2D eigenvalue weighted by Gasteiger charge is -2.39. The third kappa shape index (κ3) is 6.12. The van der Waals surface area contributed by atoms with Crippen molar-refractivity contribution in [3.05, 3.63) is 53.5 Å². The van der Waals surface area contributed by atoms with Crippen LogP contribution >= 0.6 is 0 Å². The maximum Gasteiger partial charge on any atom is 0.278 e. The molecule has 0 radical (unpaired) electrons. The Morgan fingerprint density at radius 2 is 1.90 bits per heavy atom. The molecule has 2 N–H and O–H groups in total. The number of hydrogen-bond acceptors (Lipinski definition) is 6. The number of aliphatic hydroxyl groups is 1. The van der Waals surface area contributed by atoms with Gasteiger partial charge in [-0.1, -0.05) is 6.42 Å². The first-order valence-electron chi connectivity index (χ1n) is 13.8. The topological polar surface area (TPSA) is 107 Å². The molecular formula is C29H36FN5O4. The second-order valence-corrected chi connectivity index (χ2v) is 10.6. The van der Waals surface area contributed by atoms with E-state index in [1.54, 1.807) is 6.20 Å². The molecule has 0 bridgehead atoms. The average Bonchev–Trinajstić information content (AvgIpc) is 3.31. The van der Waals surface area contributed by atoms with E-state index < -0.39 is 17.3 Å². The number of anilines is 1. The number of fused-ring (bicyclic) bond motifs is 1. The van der Waals surface area contributed by atoms with Gasteiger partial charge >= 0.3 is 0 Å². The monoisotopic (exact) mass is 537 g/mol. The van der Waals surface area contributed by atoms with Crippen molar-refractivity contribution >= 4 is 23.3 Å². The summed E-state index contributed by atoms with van der Waals surface area (Å²) in [6.07, 6.45) is 7.60. The van der Waals surface area contributed by atoms with Crippen LogP contribution < -0.4 is 15.0 Å². The highest BCUT2D eigenvalue weighted by atomic mass is 19.1. The van der Waals surface area contributed by atoms with Crippen LogP contribution in [-0.4, -0.2) is 77.6 Å². The summed E-state index contributed by atoms with van der Waals surface area (Å²) in [4.78, 5) is 38.7. The molecule has 3 heterocycles. The molecule has 2 amide bonds. The normalized spacial score (nSPS) is 24.4. The van der Waals surface area contributed by atoms with Crippen LogP contribution in [0.25, 0.3) is 0 Å². The number of benzene rings is 1. The van der Waals surface area contributed by atoms with Gasteiger partial charge in [0, 0.05) is 49.4 Å². The first-order chi connectivity index (χ1) is 18.9. The zero-order chi connectivity index (χ0) is 27.4. The number of amidine groups is 1. The summed E-state index contributed by atoms with van der Waals surface area (Å²) in [5.41, 5.74) is 0.697. The van der Waals surface area contributed by atoms with Crippen molar-refractivity contribution in [3.63, 3.8) is 0 Å². The van der Waals surface area contributed by atoms with Crippen LogP contribution in [-0.2, 0) is 11.2 Å². The van der Waals surface area contributed by atoms with Crippen LogP contribution in [0, 0.1) is 5.82 Å². The van der Waals surface area contributed by atoms with Crippen molar-refractivity contribution in [2.45, 2.75) is 63.0 Å². The van der Waals surface area contributed by atoms with Gasteiger partial charge in [0.1, 0.15) is 23.9 Å². The predicted octanol–water partition coefficient (Wildman–Crippen LogP) is 3.11. The second-order valence-electron chi connectivity index (χ2n) is 10.6. The molecule has 2 aliphatic heterocycles. The Labute approximate surface area is 228 Å². The number of carbonyl (C=O) groups excluding carboxylic acids is 2. The van der Waals surface area contributed by atoms with E-state index in [-0.39, 0.29) is 11.9 Å². The molecule has 208 valence electrons. The van der Waals surface area contributed by atoms with Gasteiger partial charge in [-0.15, -0.1) is 0 Å². The molecule has 1 aliphatic carbocycles. The van der Waals surface area contributed by atoms with Gasteiger partial charge in [-0.3, -0.25) is 14.5 Å². The highest BCUT2D eigenvalue weighted by molar-refractivity contribution is 6.12. The maximum atomic E-state index is 13.4. The first kappa shape index (κ1) is 27.2. The molecule has 2 aromatic rings. The standard InChI is InChI=1S/C29H36FN5O4/c1-31-28(37)29(38)11-9-23(10-12-29)35-24-18-26(39-16-15-34-13-3-2-4-14-34)32-19-21(24)17-25(35)33-27(36)20-5-7-22(30)8-6-20/h5-8,18-19,23,38H,2-4,9-17H2,1H3,(H,31,37). The van der Waals surface area contributed by atoms with Crippen LogP contribution in [0.5, 0.6) is 5.88 Å². The molecule has 1 saturated heterocycles. The van der Waals surface area contributed by atoms with Crippen molar-refractivity contribution in [3.8, 4) is 5.88 Å². The molecule has 9 nitrogen and oxygen atoms in total. The molecular weight excluding hydrogens is 501 g/mol. The fourth-order valence-electron chi connectivity index (χ4n) is 5.82. The fraction of sp³-hybridized carbons (Fsp3) is 0.517. The molecule has 3 aliphatic rings. The minimum atomic E-state index is -1.41. The lowest BCUT2D eigenvalue weighted by molar-refractivity contribution is -0.142. The third-order valence-corrected chi connectivity index (χ3v) is 8.05. The van der Waals surface area contributed by atoms with Crippen molar-refractivity contribution in [1.29, 1.82) is 0 Å². The van der Waals surface area contributed by atoms with Crippen LogP contribution in [0.1, 0.15) is 60.9 Å². The Morgan fingerprint density at radius 1 is 1.18 bits per heavy atom. The van der Waals surface area contributed by atoms with Gasteiger partial charge < -0.3 is 20.1 Å². The molecule has 0 unspecified atom stereocenters. The number of nitrogens with one attached hydrogen (secondary N) is 1.